The summed E-state index contributed by atoms with van der Waals surface area (Å²) in [6.45, 7) is 4.57. The summed E-state index contributed by atoms with van der Waals surface area (Å²) >= 11 is 0. The van der Waals surface area contributed by atoms with E-state index < -0.39 is 10.0 Å². The van der Waals surface area contributed by atoms with Crippen LogP contribution in [0.2, 0.25) is 0 Å². The van der Waals surface area contributed by atoms with Crippen LogP contribution in [-0.4, -0.2) is 32.9 Å². The molecule has 1 aromatic rings. The summed E-state index contributed by atoms with van der Waals surface area (Å²) in [4.78, 5) is 0.421. The molecule has 0 heterocycles. The Morgan fingerprint density at radius 2 is 1.89 bits per heavy atom. The molecule has 1 aliphatic carbocycles. The highest BCUT2D eigenvalue weighted by Gasteiger charge is 2.23. The molecule has 0 amide bonds. The second-order valence-electron chi connectivity index (χ2n) is 5.48. The van der Waals surface area contributed by atoms with Crippen LogP contribution >= 0.6 is 0 Å². The van der Waals surface area contributed by atoms with Gasteiger partial charge in [0, 0.05) is 26.7 Å². The zero-order valence-corrected chi connectivity index (χ0v) is 12.8. The number of aryl methyl sites for hydroxylation is 1. The van der Waals surface area contributed by atoms with E-state index in [0.29, 0.717) is 10.9 Å². The molecule has 0 unspecified atom stereocenters. The molecule has 0 saturated heterocycles. The van der Waals surface area contributed by atoms with Crippen LogP contribution in [0.3, 0.4) is 0 Å². The molecule has 5 heteroatoms. The van der Waals surface area contributed by atoms with Crippen LogP contribution < -0.4 is 5.32 Å². The molecule has 106 valence electrons. The normalized spacial score (nSPS) is 16.1. The van der Waals surface area contributed by atoms with Gasteiger partial charge < -0.3 is 5.32 Å². The summed E-state index contributed by atoms with van der Waals surface area (Å²) in [5.41, 5.74) is 2.90. The van der Waals surface area contributed by atoms with E-state index >= 15 is 0 Å². The zero-order valence-electron chi connectivity index (χ0n) is 12.0. The van der Waals surface area contributed by atoms with Crippen LogP contribution in [0, 0.1) is 13.8 Å². The number of hydrogen-bond donors (Lipinski definition) is 1. The molecular weight excluding hydrogens is 260 g/mol. The van der Waals surface area contributed by atoms with Crippen molar-refractivity contribution in [2.45, 2.75) is 44.2 Å². The SMILES string of the molecule is Cc1cc(CNC2CC2)cc(S(=O)(=O)N(C)C)c1C. The number of sulfonamides is 1. The van der Waals surface area contributed by atoms with Crippen molar-refractivity contribution < 1.29 is 8.42 Å². The number of nitrogens with zero attached hydrogens (tertiary/aromatic N) is 1. The average molecular weight is 282 g/mol. The van der Waals surface area contributed by atoms with Crippen molar-refractivity contribution in [3.8, 4) is 0 Å². The predicted molar refractivity (Wildman–Crippen MR) is 76.7 cm³/mol. The van der Waals surface area contributed by atoms with Crippen LogP contribution in [0.1, 0.15) is 29.5 Å². The topological polar surface area (TPSA) is 49.4 Å². The van der Waals surface area contributed by atoms with Gasteiger partial charge in [-0.2, -0.15) is 0 Å². The first-order valence-corrected chi connectivity index (χ1v) is 8.02. The second kappa shape index (κ2) is 5.23. The largest absolute Gasteiger partial charge is 0.310 e. The third-order valence-electron chi connectivity index (χ3n) is 3.61. The fourth-order valence-electron chi connectivity index (χ4n) is 2.02. The van der Waals surface area contributed by atoms with E-state index in [9.17, 15) is 8.42 Å². The highest BCUT2D eigenvalue weighted by molar-refractivity contribution is 7.89. The lowest BCUT2D eigenvalue weighted by molar-refractivity contribution is 0.519. The average Bonchev–Trinajstić information content (AvgIpc) is 3.14. The molecule has 0 bridgehead atoms. The number of nitrogens with one attached hydrogen (secondary N) is 1. The van der Waals surface area contributed by atoms with Crippen molar-refractivity contribution in [3.63, 3.8) is 0 Å². The Hall–Kier alpha value is -0.910. The maximum absolute atomic E-state index is 12.3. The van der Waals surface area contributed by atoms with E-state index in [4.69, 9.17) is 0 Å². The summed E-state index contributed by atoms with van der Waals surface area (Å²) in [5, 5.41) is 3.42. The molecule has 0 radical (unpaired) electrons. The van der Waals surface area contributed by atoms with Gasteiger partial charge >= 0.3 is 0 Å². The first-order valence-electron chi connectivity index (χ1n) is 6.58. The Morgan fingerprint density at radius 1 is 1.26 bits per heavy atom. The van der Waals surface area contributed by atoms with E-state index in [0.717, 1.165) is 23.2 Å². The third-order valence-corrected chi connectivity index (χ3v) is 5.55. The minimum atomic E-state index is -3.37. The predicted octanol–water partition coefficient (Wildman–Crippen LogP) is 1.81. The second-order valence-corrected chi connectivity index (χ2v) is 7.60. The van der Waals surface area contributed by atoms with Gasteiger partial charge in [0.25, 0.3) is 0 Å². The first kappa shape index (κ1) is 14.5. The zero-order chi connectivity index (χ0) is 14.2. The van der Waals surface area contributed by atoms with Crippen LogP contribution in [0.15, 0.2) is 17.0 Å². The third kappa shape index (κ3) is 3.16. The summed E-state index contributed by atoms with van der Waals surface area (Å²) in [5.74, 6) is 0. The van der Waals surface area contributed by atoms with Gasteiger partial charge in [0.2, 0.25) is 10.0 Å². The van der Waals surface area contributed by atoms with Gasteiger partial charge in [-0.05, 0) is 49.4 Å². The molecule has 2 rings (SSSR count). The molecule has 0 aromatic heterocycles. The molecule has 1 aliphatic rings. The minimum absolute atomic E-state index is 0.421. The lowest BCUT2D eigenvalue weighted by Crippen LogP contribution is -2.24. The highest BCUT2D eigenvalue weighted by Crippen LogP contribution is 2.24. The lowest BCUT2D eigenvalue weighted by Gasteiger charge is -2.17. The summed E-state index contributed by atoms with van der Waals surface area (Å²) in [6.07, 6.45) is 2.46. The lowest BCUT2D eigenvalue weighted by atomic mass is 10.1. The summed E-state index contributed by atoms with van der Waals surface area (Å²) < 4.78 is 25.9. The Kier molecular flexibility index (Phi) is 3.99. The van der Waals surface area contributed by atoms with Gasteiger partial charge in [-0.3, -0.25) is 0 Å². The molecule has 0 aliphatic heterocycles. The van der Waals surface area contributed by atoms with Gasteiger partial charge in [-0.1, -0.05) is 6.07 Å². The van der Waals surface area contributed by atoms with Crippen molar-refractivity contribution in [1.29, 1.82) is 0 Å². The van der Waals surface area contributed by atoms with Crippen LogP contribution in [0.4, 0.5) is 0 Å². The van der Waals surface area contributed by atoms with Gasteiger partial charge in [0.05, 0.1) is 4.90 Å². The highest BCUT2D eigenvalue weighted by atomic mass is 32.2. The van der Waals surface area contributed by atoms with E-state index in [1.165, 1.54) is 17.1 Å². The van der Waals surface area contributed by atoms with Crippen molar-refractivity contribution in [2.24, 2.45) is 0 Å². The van der Waals surface area contributed by atoms with Crippen molar-refractivity contribution >= 4 is 10.0 Å². The van der Waals surface area contributed by atoms with E-state index in [-0.39, 0.29) is 0 Å². The Bertz CT molecular complexity index is 575. The minimum Gasteiger partial charge on any atom is -0.310 e. The van der Waals surface area contributed by atoms with Gasteiger partial charge in [-0.15, -0.1) is 0 Å². The number of rotatable bonds is 5. The van der Waals surface area contributed by atoms with Crippen LogP contribution in [0.25, 0.3) is 0 Å². The van der Waals surface area contributed by atoms with Crippen LogP contribution in [0.5, 0.6) is 0 Å². The summed E-state index contributed by atoms with van der Waals surface area (Å²) in [7, 11) is -0.233. The van der Waals surface area contributed by atoms with Crippen LogP contribution in [-0.2, 0) is 16.6 Å². The van der Waals surface area contributed by atoms with E-state index in [1.54, 1.807) is 20.2 Å². The molecule has 1 N–H and O–H groups in total. The Morgan fingerprint density at radius 3 is 2.42 bits per heavy atom. The smallest absolute Gasteiger partial charge is 0.242 e. The van der Waals surface area contributed by atoms with Crippen molar-refractivity contribution in [2.75, 3.05) is 14.1 Å². The quantitative estimate of drug-likeness (QED) is 0.896. The molecule has 4 nitrogen and oxygen atoms in total. The van der Waals surface area contributed by atoms with Gasteiger partial charge in [0.15, 0.2) is 0 Å². The van der Waals surface area contributed by atoms with Gasteiger partial charge in [-0.25, -0.2) is 12.7 Å². The monoisotopic (exact) mass is 282 g/mol. The van der Waals surface area contributed by atoms with E-state index in [1.807, 2.05) is 13.8 Å². The van der Waals surface area contributed by atoms with Gasteiger partial charge in [0.1, 0.15) is 0 Å². The Balaban J connectivity index is 2.35. The number of hydrogen-bond acceptors (Lipinski definition) is 3. The molecule has 0 spiro atoms. The molecule has 1 aromatic carbocycles. The molecule has 1 saturated carbocycles. The van der Waals surface area contributed by atoms with E-state index in [2.05, 4.69) is 11.4 Å². The first-order chi connectivity index (χ1) is 8.82. The molecular formula is C14H22N2O2S. The number of benzene rings is 1. The molecule has 1 fully saturated rings. The fourth-order valence-corrected chi connectivity index (χ4v) is 3.26. The summed E-state index contributed by atoms with van der Waals surface area (Å²) in [6, 6.07) is 4.49. The maximum atomic E-state index is 12.3. The fraction of sp³-hybridized carbons (Fsp3) is 0.571. The Labute approximate surface area is 115 Å². The molecule has 0 atom stereocenters. The standard InChI is InChI=1S/C14H22N2O2S/c1-10-7-12(9-15-13-5-6-13)8-14(11(10)2)19(17,18)16(3)4/h7-8,13,15H,5-6,9H2,1-4H3. The van der Waals surface area contributed by atoms with Crippen molar-refractivity contribution in [1.82, 2.24) is 9.62 Å². The van der Waals surface area contributed by atoms with Crippen molar-refractivity contribution in [3.05, 3.63) is 28.8 Å². The molecule has 19 heavy (non-hydrogen) atoms. The maximum Gasteiger partial charge on any atom is 0.242 e.